The van der Waals surface area contributed by atoms with Crippen LogP contribution in [0.1, 0.15) is 0 Å². The molecule has 0 aliphatic heterocycles. The first-order valence-corrected chi connectivity index (χ1v) is 17.7. The highest BCUT2D eigenvalue weighted by Gasteiger charge is 2.18. The Morgan fingerprint density at radius 1 is 0.370 bits per heavy atom. The van der Waals surface area contributed by atoms with Gasteiger partial charge in [0.2, 0.25) is 5.89 Å². The van der Waals surface area contributed by atoms with Gasteiger partial charge in [0.15, 0.2) is 23.1 Å². The molecule has 7 nitrogen and oxygen atoms in total. The second kappa shape index (κ2) is 12.0. The molecule has 4 heterocycles. The number of aromatic nitrogens is 5. The molecule has 11 rings (SSSR count). The van der Waals surface area contributed by atoms with Gasteiger partial charge in [0.25, 0.3) is 0 Å². The number of pyridine rings is 1. The van der Waals surface area contributed by atoms with Gasteiger partial charge in [0.1, 0.15) is 16.7 Å². The van der Waals surface area contributed by atoms with Gasteiger partial charge >= 0.3 is 0 Å². The summed E-state index contributed by atoms with van der Waals surface area (Å²) in [7, 11) is 0. The quantitative estimate of drug-likeness (QED) is 0.177. The van der Waals surface area contributed by atoms with E-state index in [0.29, 0.717) is 28.9 Å². The van der Waals surface area contributed by atoms with Crippen LogP contribution in [0.3, 0.4) is 0 Å². The Morgan fingerprint density at radius 3 is 1.93 bits per heavy atom. The van der Waals surface area contributed by atoms with Gasteiger partial charge in [-0.1, -0.05) is 109 Å². The number of fused-ring (bicyclic) bond motifs is 6. The topological polar surface area (TPSA) is 90.7 Å². The van der Waals surface area contributed by atoms with Crippen molar-refractivity contribution in [3.63, 3.8) is 0 Å². The summed E-state index contributed by atoms with van der Waals surface area (Å²) >= 11 is 0. The lowest BCUT2D eigenvalue weighted by molar-refractivity contribution is 0.618. The van der Waals surface area contributed by atoms with E-state index in [0.717, 1.165) is 82.4 Å². The molecule has 11 aromatic rings. The number of hydrogen-bond acceptors (Lipinski definition) is 7. The predicted molar refractivity (Wildman–Crippen MR) is 215 cm³/mol. The Hall–Kier alpha value is -7.51. The first kappa shape index (κ1) is 30.1. The van der Waals surface area contributed by atoms with Gasteiger partial charge in [-0.15, -0.1) is 0 Å². The SMILES string of the molecule is c1cncc(-c2nc(-c3cccc(-c4ccc(-c5nc6cc7c(cc6o5)oc5ccccc57)c5ccccc45)c3)nc(-c3cccc4ccccc34)n2)c1. The molecule has 0 amide bonds. The van der Waals surface area contributed by atoms with Crippen molar-refractivity contribution in [2.24, 2.45) is 0 Å². The molecular formula is C47H27N5O2. The first-order chi connectivity index (χ1) is 26.7. The van der Waals surface area contributed by atoms with E-state index in [-0.39, 0.29) is 0 Å². The summed E-state index contributed by atoms with van der Waals surface area (Å²) in [5, 5.41) is 6.41. The second-order valence-electron chi connectivity index (χ2n) is 13.3. The minimum Gasteiger partial charge on any atom is -0.456 e. The molecular weight excluding hydrogens is 667 g/mol. The lowest BCUT2D eigenvalue weighted by atomic mass is 9.94. The van der Waals surface area contributed by atoms with E-state index in [4.69, 9.17) is 28.8 Å². The Morgan fingerprint density at radius 2 is 1.06 bits per heavy atom. The molecule has 0 N–H and O–H groups in total. The van der Waals surface area contributed by atoms with Gasteiger partial charge in [-0.3, -0.25) is 4.98 Å². The molecule has 0 fully saturated rings. The fourth-order valence-electron chi connectivity index (χ4n) is 7.50. The molecule has 7 heteroatoms. The lowest BCUT2D eigenvalue weighted by Crippen LogP contribution is -2.01. The molecule has 0 saturated heterocycles. The monoisotopic (exact) mass is 693 g/mol. The van der Waals surface area contributed by atoms with E-state index < -0.39 is 0 Å². The first-order valence-electron chi connectivity index (χ1n) is 17.7. The third kappa shape index (κ3) is 4.94. The summed E-state index contributed by atoms with van der Waals surface area (Å²) in [4.78, 5) is 24.4. The van der Waals surface area contributed by atoms with Crippen molar-refractivity contribution in [1.29, 1.82) is 0 Å². The van der Waals surface area contributed by atoms with Crippen LogP contribution in [-0.2, 0) is 0 Å². The summed E-state index contributed by atoms with van der Waals surface area (Å²) in [5.74, 6) is 2.32. The molecule has 0 saturated carbocycles. The zero-order chi connectivity index (χ0) is 35.6. The van der Waals surface area contributed by atoms with Crippen LogP contribution >= 0.6 is 0 Å². The highest BCUT2D eigenvalue weighted by Crippen LogP contribution is 2.39. The minimum atomic E-state index is 0.563. The zero-order valence-corrected chi connectivity index (χ0v) is 28.6. The van der Waals surface area contributed by atoms with E-state index in [1.165, 1.54) is 0 Å². The lowest BCUT2D eigenvalue weighted by Gasteiger charge is -2.12. The molecule has 0 atom stereocenters. The average molecular weight is 694 g/mol. The number of benzene rings is 7. The van der Waals surface area contributed by atoms with E-state index in [1.54, 1.807) is 12.4 Å². The maximum atomic E-state index is 6.41. The smallest absolute Gasteiger partial charge is 0.227 e. The van der Waals surface area contributed by atoms with Crippen LogP contribution in [0.15, 0.2) is 173 Å². The Bertz CT molecular complexity index is 3230. The number of para-hydroxylation sites is 1. The largest absolute Gasteiger partial charge is 0.456 e. The average Bonchev–Trinajstić information content (AvgIpc) is 3.82. The van der Waals surface area contributed by atoms with Crippen LogP contribution in [0.25, 0.3) is 111 Å². The summed E-state index contributed by atoms with van der Waals surface area (Å²) in [6, 6.07) is 51.4. The van der Waals surface area contributed by atoms with Crippen LogP contribution in [0, 0.1) is 0 Å². The Labute approximate surface area is 308 Å². The normalized spacial score (nSPS) is 11.7. The van der Waals surface area contributed by atoms with Crippen LogP contribution in [0.2, 0.25) is 0 Å². The van der Waals surface area contributed by atoms with Crippen LogP contribution in [-0.4, -0.2) is 24.9 Å². The highest BCUT2D eigenvalue weighted by atomic mass is 16.4. The van der Waals surface area contributed by atoms with Gasteiger partial charge in [-0.25, -0.2) is 19.9 Å². The maximum absolute atomic E-state index is 6.41. The van der Waals surface area contributed by atoms with Crippen LogP contribution in [0.5, 0.6) is 0 Å². The van der Waals surface area contributed by atoms with Crippen molar-refractivity contribution < 1.29 is 8.83 Å². The summed E-state index contributed by atoms with van der Waals surface area (Å²) < 4.78 is 12.5. The molecule has 0 spiro atoms. The molecule has 252 valence electrons. The molecule has 7 aromatic carbocycles. The van der Waals surface area contributed by atoms with E-state index in [1.807, 2.05) is 66.7 Å². The summed E-state index contributed by atoms with van der Waals surface area (Å²) in [6.07, 6.45) is 3.53. The van der Waals surface area contributed by atoms with Crippen molar-refractivity contribution in [1.82, 2.24) is 24.9 Å². The van der Waals surface area contributed by atoms with Crippen LogP contribution < -0.4 is 0 Å². The number of hydrogen-bond donors (Lipinski definition) is 0. The molecule has 0 radical (unpaired) electrons. The third-order valence-electron chi connectivity index (χ3n) is 10.1. The number of nitrogens with zero attached hydrogens (tertiary/aromatic N) is 5. The molecule has 0 aliphatic carbocycles. The molecule has 0 aliphatic rings. The third-order valence-corrected chi connectivity index (χ3v) is 10.1. The van der Waals surface area contributed by atoms with E-state index in [9.17, 15) is 0 Å². The van der Waals surface area contributed by atoms with Gasteiger partial charge in [0.05, 0.1) is 0 Å². The fourth-order valence-corrected chi connectivity index (χ4v) is 7.50. The fraction of sp³-hybridized carbons (Fsp3) is 0. The second-order valence-corrected chi connectivity index (χ2v) is 13.3. The van der Waals surface area contributed by atoms with Crippen molar-refractivity contribution in [2.75, 3.05) is 0 Å². The molecule has 0 bridgehead atoms. The Balaban J connectivity index is 1.03. The highest BCUT2D eigenvalue weighted by molar-refractivity contribution is 6.09. The summed E-state index contributed by atoms with van der Waals surface area (Å²) in [6.45, 7) is 0. The number of furan rings is 1. The van der Waals surface area contributed by atoms with E-state index >= 15 is 0 Å². The zero-order valence-electron chi connectivity index (χ0n) is 28.6. The van der Waals surface area contributed by atoms with Gasteiger partial charge in [-0.05, 0) is 69.1 Å². The number of rotatable bonds is 5. The van der Waals surface area contributed by atoms with Crippen molar-refractivity contribution in [3.05, 3.63) is 164 Å². The standard InChI is InChI=1S/C47H27N5O2/c1-2-15-32-28(10-1)11-8-19-37(32)46-51-44(50-45(52-46)31-14-9-23-48-27-31)30-13-7-12-29(24-30)33-21-22-38(35-17-4-3-16-34(33)35)47-49-40-25-39-36-18-5-6-20-41(36)53-42(39)26-43(40)54-47/h1-27H. The molecule has 54 heavy (non-hydrogen) atoms. The maximum Gasteiger partial charge on any atom is 0.227 e. The molecule has 4 aromatic heterocycles. The summed E-state index contributed by atoms with van der Waals surface area (Å²) in [5.41, 5.74) is 8.78. The minimum absolute atomic E-state index is 0.563. The molecule has 0 unspecified atom stereocenters. The number of oxazole rings is 1. The van der Waals surface area contributed by atoms with Crippen LogP contribution in [0.4, 0.5) is 0 Å². The predicted octanol–water partition coefficient (Wildman–Crippen LogP) is 11.9. The van der Waals surface area contributed by atoms with E-state index in [2.05, 4.69) is 89.9 Å². The Kier molecular flexibility index (Phi) is 6.72. The van der Waals surface area contributed by atoms with Gasteiger partial charge in [0, 0.05) is 51.5 Å². The van der Waals surface area contributed by atoms with Crippen molar-refractivity contribution in [3.8, 4) is 56.7 Å². The van der Waals surface area contributed by atoms with Crippen molar-refractivity contribution in [2.45, 2.75) is 0 Å². The van der Waals surface area contributed by atoms with Gasteiger partial charge < -0.3 is 8.83 Å². The van der Waals surface area contributed by atoms with Crippen molar-refractivity contribution >= 4 is 54.6 Å². The van der Waals surface area contributed by atoms with Gasteiger partial charge in [-0.2, -0.15) is 0 Å².